The molecule has 0 unspecified atom stereocenters. The molecule has 3 N–H and O–H groups in total. The maximum absolute atomic E-state index is 13.3. The lowest BCUT2D eigenvalue weighted by Gasteiger charge is -2.25. The number of rotatable bonds is 8. The Morgan fingerprint density at radius 1 is 1.35 bits per heavy atom. The van der Waals surface area contributed by atoms with Crippen molar-refractivity contribution in [1.82, 2.24) is 10.2 Å². The zero-order valence-corrected chi connectivity index (χ0v) is 15.6. The highest BCUT2D eigenvalue weighted by molar-refractivity contribution is 5.89. The zero-order chi connectivity index (χ0) is 19.5. The summed E-state index contributed by atoms with van der Waals surface area (Å²) in [5.41, 5.74) is 10.6. The third-order valence-electron chi connectivity index (χ3n) is 4.74. The van der Waals surface area contributed by atoms with Crippen molar-refractivity contribution in [3.05, 3.63) is 54.9 Å². The minimum Gasteiger partial charge on any atom is -0.397 e. The van der Waals surface area contributed by atoms with Crippen molar-refractivity contribution in [3.8, 4) is 0 Å². The summed E-state index contributed by atoms with van der Waals surface area (Å²) >= 11 is 0. The van der Waals surface area contributed by atoms with Crippen LogP contribution in [-0.4, -0.2) is 44.0 Å². The molecule has 0 aromatic heterocycles. The lowest BCUT2D eigenvalue weighted by atomic mass is 10.0. The molecule has 4 nitrogen and oxygen atoms in total. The van der Waals surface area contributed by atoms with Crippen LogP contribution in [0.25, 0.3) is 5.57 Å². The number of hydrogen-bond donors (Lipinski definition) is 2. The van der Waals surface area contributed by atoms with Crippen LogP contribution < -0.4 is 16.0 Å². The van der Waals surface area contributed by atoms with Crippen molar-refractivity contribution in [2.45, 2.75) is 19.3 Å². The van der Waals surface area contributed by atoms with Gasteiger partial charge >= 0.3 is 0 Å². The molecule has 0 amide bonds. The van der Waals surface area contributed by atoms with E-state index < -0.39 is 5.92 Å². The molecule has 0 aliphatic carbocycles. The predicted octanol–water partition coefficient (Wildman–Crippen LogP) is 3.70. The number of hydrogen-bond acceptors (Lipinski definition) is 4. The number of likely N-dealkylation sites (tertiary alicyclic amines) is 1. The van der Waals surface area contributed by atoms with Crippen LogP contribution in [0.2, 0.25) is 0 Å². The zero-order valence-electron chi connectivity index (χ0n) is 15.6. The highest BCUT2D eigenvalue weighted by atomic mass is 19.3. The van der Waals surface area contributed by atoms with Crippen molar-refractivity contribution in [1.29, 1.82) is 0 Å². The second-order valence-corrected chi connectivity index (χ2v) is 6.66. The van der Waals surface area contributed by atoms with E-state index in [4.69, 9.17) is 5.73 Å². The number of nitrogens with zero attached hydrogens (tertiary/aromatic N) is 2. The minimum absolute atomic E-state index is 0.129. The topological polar surface area (TPSA) is 44.5 Å². The molecule has 1 aromatic carbocycles. The fraction of sp³-hybridized carbons (Fsp3) is 0.400. The number of alkyl halides is 2. The van der Waals surface area contributed by atoms with Crippen molar-refractivity contribution >= 4 is 16.9 Å². The molecule has 1 saturated heterocycles. The first-order valence-electron chi connectivity index (χ1n) is 8.69. The van der Waals surface area contributed by atoms with Gasteiger partial charge in [0.15, 0.2) is 0 Å². The summed E-state index contributed by atoms with van der Waals surface area (Å²) in [6.07, 6.45) is -0.129. The molecular formula is C20H28F2N4. The van der Waals surface area contributed by atoms with Crippen LogP contribution in [0, 0.1) is 0 Å². The first-order chi connectivity index (χ1) is 12.2. The van der Waals surface area contributed by atoms with E-state index in [0.717, 1.165) is 17.8 Å². The average molecular weight is 362 g/mol. The molecule has 1 aliphatic rings. The molecule has 0 radical (unpaired) electrons. The van der Waals surface area contributed by atoms with Gasteiger partial charge in [-0.3, -0.25) is 0 Å². The number of allylic oxidation sites excluding steroid dienone is 1. The van der Waals surface area contributed by atoms with Gasteiger partial charge in [-0.15, -0.1) is 0 Å². The van der Waals surface area contributed by atoms with Crippen molar-refractivity contribution in [2.75, 3.05) is 43.9 Å². The Morgan fingerprint density at radius 3 is 2.62 bits per heavy atom. The van der Waals surface area contributed by atoms with E-state index in [9.17, 15) is 8.78 Å². The molecular weight excluding hydrogens is 334 g/mol. The Bertz CT molecular complexity index is 712. The first-order valence-corrected chi connectivity index (χ1v) is 8.69. The van der Waals surface area contributed by atoms with Gasteiger partial charge in [0.05, 0.1) is 24.5 Å². The van der Waals surface area contributed by atoms with E-state index >= 15 is 0 Å². The summed E-state index contributed by atoms with van der Waals surface area (Å²) in [6, 6.07) is 5.67. The van der Waals surface area contributed by atoms with Crippen LogP contribution in [0.15, 0.2) is 49.3 Å². The molecule has 1 fully saturated rings. The standard InChI is InChI=1S/C20H28F2N4/c1-6-25(5)19-17(8-7-9-18(19)23)15(3)16(4)24-12-14(2)26-11-10-20(21,22)13-26/h7-9,24H,2-4,6,10-13,23H2,1,5H3. The van der Waals surface area contributed by atoms with Gasteiger partial charge in [0.2, 0.25) is 0 Å². The second kappa shape index (κ2) is 7.81. The first kappa shape index (κ1) is 19.8. The van der Waals surface area contributed by atoms with E-state index in [1.165, 1.54) is 0 Å². The molecule has 0 spiro atoms. The minimum atomic E-state index is -2.63. The molecule has 0 atom stereocenters. The van der Waals surface area contributed by atoms with E-state index in [2.05, 4.69) is 25.1 Å². The normalized spacial score (nSPS) is 15.6. The van der Waals surface area contributed by atoms with Gasteiger partial charge in [-0.05, 0) is 18.6 Å². The SMILES string of the molecule is C=C(NCC(=C)N1CCC(F)(F)C1)C(=C)c1cccc(N)c1N(C)CC. The van der Waals surface area contributed by atoms with Gasteiger partial charge in [-0.1, -0.05) is 31.9 Å². The number of nitrogens with one attached hydrogen (secondary N) is 1. The fourth-order valence-corrected chi connectivity index (χ4v) is 2.98. The van der Waals surface area contributed by atoms with Crippen LogP contribution in [0.5, 0.6) is 0 Å². The summed E-state index contributed by atoms with van der Waals surface area (Å²) in [4.78, 5) is 3.66. The van der Waals surface area contributed by atoms with Crippen molar-refractivity contribution in [3.63, 3.8) is 0 Å². The summed E-state index contributed by atoms with van der Waals surface area (Å²) in [6.45, 7) is 15.3. The molecule has 1 aliphatic heterocycles. The number of halogens is 2. The molecule has 26 heavy (non-hydrogen) atoms. The number of nitrogen functional groups attached to an aromatic ring is 1. The van der Waals surface area contributed by atoms with Crippen LogP contribution in [0.1, 0.15) is 18.9 Å². The Kier molecular flexibility index (Phi) is 5.95. The Hall–Kier alpha value is -2.50. The molecule has 2 rings (SSSR count). The number of benzene rings is 1. The maximum Gasteiger partial charge on any atom is 0.266 e. The van der Waals surface area contributed by atoms with Crippen LogP contribution >= 0.6 is 0 Å². The van der Waals surface area contributed by atoms with Gasteiger partial charge in [0.1, 0.15) is 0 Å². The summed E-state index contributed by atoms with van der Waals surface area (Å²) in [7, 11) is 1.97. The van der Waals surface area contributed by atoms with Gasteiger partial charge in [-0.25, -0.2) is 8.78 Å². The second-order valence-electron chi connectivity index (χ2n) is 6.66. The molecule has 142 valence electrons. The van der Waals surface area contributed by atoms with Gasteiger partial charge in [0.25, 0.3) is 5.92 Å². The largest absolute Gasteiger partial charge is 0.397 e. The number of para-hydroxylation sites is 1. The third kappa shape index (κ3) is 4.36. The van der Waals surface area contributed by atoms with E-state index in [1.54, 1.807) is 4.90 Å². The molecule has 0 saturated carbocycles. The smallest absolute Gasteiger partial charge is 0.266 e. The van der Waals surface area contributed by atoms with E-state index in [1.807, 2.05) is 37.1 Å². The van der Waals surface area contributed by atoms with Gasteiger partial charge in [-0.2, -0.15) is 0 Å². The monoisotopic (exact) mass is 362 g/mol. The quantitative estimate of drug-likeness (QED) is 0.547. The van der Waals surface area contributed by atoms with Crippen LogP contribution in [0.3, 0.4) is 0 Å². The van der Waals surface area contributed by atoms with E-state index in [-0.39, 0.29) is 13.0 Å². The summed E-state index contributed by atoms with van der Waals surface area (Å²) < 4.78 is 26.7. The Labute approximate surface area is 154 Å². The predicted molar refractivity (Wildman–Crippen MR) is 106 cm³/mol. The lowest BCUT2D eigenvalue weighted by Crippen LogP contribution is -2.30. The highest BCUT2D eigenvalue weighted by Crippen LogP contribution is 2.34. The maximum atomic E-state index is 13.3. The van der Waals surface area contributed by atoms with Crippen molar-refractivity contribution in [2.24, 2.45) is 0 Å². The lowest BCUT2D eigenvalue weighted by molar-refractivity contribution is 0.0150. The van der Waals surface area contributed by atoms with Crippen LogP contribution in [-0.2, 0) is 0 Å². The van der Waals surface area contributed by atoms with Gasteiger partial charge in [0, 0.05) is 43.5 Å². The summed E-state index contributed by atoms with van der Waals surface area (Å²) in [5, 5.41) is 3.15. The fourth-order valence-electron chi connectivity index (χ4n) is 2.98. The number of anilines is 2. The van der Waals surface area contributed by atoms with E-state index in [0.29, 0.717) is 35.7 Å². The summed E-state index contributed by atoms with van der Waals surface area (Å²) in [5.74, 6) is -2.63. The average Bonchev–Trinajstić information content (AvgIpc) is 2.97. The molecule has 1 aromatic rings. The third-order valence-corrected chi connectivity index (χ3v) is 4.74. The molecule has 6 heteroatoms. The Morgan fingerprint density at radius 2 is 2.04 bits per heavy atom. The van der Waals surface area contributed by atoms with Crippen LogP contribution in [0.4, 0.5) is 20.2 Å². The van der Waals surface area contributed by atoms with Gasteiger partial charge < -0.3 is 20.9 Å². The highest BCUT2D eigenvalue weighted by Gasteiger charge is 2.38. The molecule has 0 bridgehead atoms. The Balaban J connectivity index is 2.04. The molecule has 1 heterocycles. The number of nitrogens with two attached hydrogens (primary N) is 1. The van der Waals surface area contributed by atoms with Crippen molar-refractivity contribution < 1.29 is 8.78 Å².